The van der Waals surface area contributed by atoms with E-state index >= 15 is 0 Å². The Morgan fingerprint density at radius 3 is 2.88 bits per heavy atom. The topological polar surface area (TPSA) is 78.0 Å². The summed E-state index contributed by atoms with van der Waals surface area (Å²) in [7, 11) is 0. The molecule has 2 aromatic heterocycles. The van der Waals surface area contributed by atoms with Gasteiger partial charge in [-0.15, -0.1) is 23.1 Å². The number of fused-ring (bicyclic) bond motifs is 1. The molecule has 0 bridgehead atoms. The average molecular weight is 365 g/mol. The molecule has 6 nitrogen and oxygen atoms in total. The molecule has 0 aliphatic heterocycles. The van der Waals surface area contributed by atoms with E-state index in [-0.39, 0.29) is 16.9 Å². The highest BCUT2D eigenvalue weighted by Crippen LogP contribution is 2.35. The average Bonchev–Trinajstić information content (AvgIpc) is 2.89. The van der Waals surface area contributed by atoms with Crippen molar-refractivity contribution in [1.82, 2.24) is 9.55 Å². The maximum Gasteiger partial charge on any atom is 0.348 e. The van der Waals surface area contributed by atoms with E-state index in [1.807, 2.05) is 6.92 Å². The van der Waals surface area contributed by atoms with Gasteiger partial charge in [0.2, 0.25) is 11.1 Å². The van der Waals surface area contributed by atoms with Gasteiger partial charge in [-0.25, -0.2) is 9.37 Å². The van der Waals surface area contributed by atoms with Crippen molar-refractivity contribution >= 4 is 39.0 Å². The van der Waals surface area contributed by atoms with Crippen molar-refractivity contribution in [2.75, 3.05) is 5.75 Å². The second-order valence-corrected chi connectivity index (χ2v) is 7.48. The molecule has 1 aromatic carbocycles. The van der Waals surface area contributed by atoms with Gasteiger partial charge in [-0.3, -0.25) is 4.79 Å². The Balaban J connectivity index is 2.43. The zero-order valence-electron chi connectivity index (χ0n) is 12.8. The van der Waals surface area contributed by atoms with Crippen molar-refractivity contribution in [3.05, 3.63) is 56.4 Å². The van der Waals surface area contributed by atoms with Crippen molar-refractivity contribution in [2.24, 2.45) is 0 Å². The molecule has 0 radical (unpaired) electrons. The van der Waals surface area contributed by atoms with E-state index in [2.05, 4.69) is 4.98 Å². The molecule has 0 amide bonds. The third-order valence-corrected chi connectivity index (χ3v) is 5.69. The summed E-state index contributed by atoms with van der Waals surface area (Å²) < 4.78 is 15.9. The van der Waals surface area contributed by atoms with Crippen molar-refractivity contribution < 1.29 is 9.31 Å². The highest BCUT2D eigenvalue weighted by molar-refractivity contribution is 8.01. The molecular weight excluding hydrogens is 353 g/mol. The van der Waals surface area contributed by atoms with Crippen LogP contribution < -0.4 is 5.43 Å². The molecule has 0 aliphatic carbocycles. The van der Waals surface area contributed by atoms with Gasteiger partial charge < -0.3 is 10.1 Å². The van der Waals surface area contributed by atoms with Gasteiger partial charge in [-0.2, -0.15) is 4.57 Å². The quantitative estimate of drug-likeness (QED) is 0.398. The van der Waals surface area contributed by atoms with Gasteiger partial charge in [-0.1, -0.05) is 6.92 Å². The predicted octanol–water partition coefficient (Wildman–Crippen LogP) is 3.91. The van der Waals surface area contributed by atoms with Gasteiger partial charge >= 0.3 is 5.82 Å². The smallest absolute Gasteiger partial charge is 0.348 e. The third-order valence-electron chi connectivity index (χ3n) is 3.41. The Hall–Kier alpha value is -2.26. The first-order valence-electron chi connectivity index (χ1n) is 7.02. The Labute approximate surface area is 144 Å². The Morgan fingerprint density at radius 1 is 1.46 bits per heavy atom. The number of aryl methyl sites for hydroxylation is 1. The van der Waals surface area contributed by atoms with Gasteiger partial charge in [0.25, 0.3) is 0 Å². The van der Waals surface area contributed by atoms with Crippen LogP contribution in [0.4, 0.5) is 10.2 Å². The van der Waals surface area contributed by atoms with Gasteiger partial charge in [0.05, 0.1) is 0 Å². The predicted molar refractivity (Wildman–Crippen MR) is 93.0 cm³/mol. The zero-order chi connectivity index (χ0) is 17.4. The van der Waals surface area contributed by atoms with Crippen molar-refractivity contribution in [1.29, 1.82) is 0 Å². The van der Waals surface area contributed by atoms with Crippen LogP contribution in [0.1, 0.15) is 12.7 Å². The fourth-order valence-electron chi connectivity index (χ4n) is 2.40. The van der Waals surface area contributed by atoms with Crippen molar-refractivity contribution in [2.45, 2.75) is 18.1 Å². The third kappa shape index (κ3) is 2.69. The highest BCUT2D eigenvalue weighted by atomic mass is 32.2. The number of thioether (sulfide) groups is 1. The van der Waals surface area contributed by atoms with Crippen LogP contribution in [0.15, 0.2) is 33.4 Å². The molecule has 0 spiro atoms. The van der Waals surface area contributed by atoms with Crippen LogP contribution in [0.2, 0.25) is 0 Å². The second-order valence-electron chi connectivity index (χ2n) is 4.90. The fraction of sp³-hybridized carbons (Fsp3) is 0.200. The Bertz CT molecular complexity index is 1010. The molecule has 0 saturated heterocycles. The van der Waals surface area contributed by atoms with Gasteiger partial charge in [0, 0.05) is 17.0 Å². The van der Waals surface area contributed by atoms with Crippen LogP contribution in [0.3, 0.4) is 0 Å². The van der Waals surface area contributed by atoms with Gasteiger partial charge in [0.1, 0.15) is 16.2 Å². The van der Waals surface area contributed by atoms with Crippen LogP contribution in [-0.4, -0.2) is 20.2 Å². The summed E-state index contributed by atoms with van der Waals surface area (Å²) in [4.78, 5) is 27.6. The molecule has 2 heterocycles. The van der Waals surface area contributed by atoms with Gasteiger partial charge in [-0.05, 0) is 28.9 Å². The first-order chi connectivity index (χ1) is 11.4. The molecule has 0 aliphatic rings. The Kier molecular flexibility index (Phi) is 4.37. The molecular formula is C15H12FN3O3S2. The number of halogens is 1. The molecule has 0 unspecified atom stereocenters. The first kappa shape index (κ1) is 16.6. The number of nitrogens with zero attached hydrogens (tertiary/aromatic N) is 3. The van der Waals surface area contributed by atoms with Crippen LogP contribution in [0.25, 0.3) is 15.8 Å². The minimum atomic E-state index is -0.570. The standard InChI is InChI=1S/C15H12FN3O3S2/c1-3-23-15-13(18-8(2)17-7-12(18)19(21)22)14(20)10-5-4-9(16)6-11(10)24-15/h4-7H,3H2,1-2H3. The van der Waals surface area contributed by atoms with Crippen molar-refractivity contribution in [3.8, 4) is 5.69 Å². The summed E-state index contributed by atoms with van der Waals surface area (Å²) in [5, 5.41) is 11.6. The molecule has 0 saturated carbocycles. The van der Waals surface area contributed by atoms with E-state index in [1.54, 1.807) is 6.92 Å². The normalized spacial score (nSPS) is 11.1. The number of hydrogen-bond acceptors (Lipinski definition) is 6. The summed E-state index contributed by atoms with van der Waals surface area (Å²) in [5.41, 5.74) is -0.170. The maximum absolute atomic E-state index is 13.5. The highest BCUT2D eigenvalue weighted by Gasteiger charge is 2.27. The number of nitro groups is 1. The summed E-state index contributed by atoms with van der Waals surface area (Å²) in [6, 6.07) is 3.92. The number of rotatable bonds is 4. The second kappa shape index (κ2) is 6.33. The molecule has 3 rings (SSSR count). The number of hydrogen-bond donors (Lipinski definition) is 0. The fourth-order valence-corrected chi connectivity index (χ4v) is 4.76. The van der Waals surface area contributed by atoms with E-state index in [9.17, 15) is 19.3 Å². The minimum absolute atomic E-state index is 0.202. The number of benzene rings is 1. The molecule has 0 N–H and O–H groups in total. The van der Waals surface area contributed by atoms with E-state index in [0.717, 1.165) is 6.20 Å². The van der Waals surface area contributed by atoms with Crippen LogP contribution >= 0.6 is 23.1 Å². The summed E-state index contributed by atoms with van der Waals surface area (Å²) >= 11 is 2.63. The molecule has 0 atom stereocenters. The first-order valence-corrected chi connectivity index (χ1v) is 8.82. The van der Waals surface area contributed by atoms with E-state index in [0.29, 0.717) is 25.9 Å². The zero-order valence-corrected chi connectivity index (χ0v) is 14.4. The lowest BCUT2D eigenvalue weighted by Gasteiger charge is -2.08. The summed E-state index contributed by atoms with van der Waals surface area (Å²) in [5.74, 6) is 0.329. The molecule has 24 heavy (non-hydrogen) atoms. The van der Waals surface area contributed by atoms with E-state index in [4.69, 9.17) is 0 Å². The van der Waals surface area contributed by atoms with Crippen LogP contribution in [0.5, 0.6) is 0 Å². The Morgan fingerprint density at radius 2 is 2.21 bits per heavy atom. The lowest BCUT2D eigenvalue weighted by Crippen LogP contribution is -2.15. The van der Waals surface area contributed by atoms with Crippen LogP contribution in [-0.2, 0) is 0 Å². The molecule has 9 heteroatoms. The summed E-state index contributed by atoms with van der Waals surface area (Å²) in [6.07, 6.45) is 1.13. The lowest BCUT2D eigenvalue weighted by molar-refractivity contribution is -0.391. The van der Waals surface area contributed by atoms with Gasteiger partial charge in [0.15, 0.2) is 5.82 Å². The van der Waals surface area contributed by atoms with Crippen LogP contribution in [0, 0.1) is 22.9 Å². The summed E-state index contributed by atoms with van der Waals surface area (Å²) in [6.45, 7) is 3.52. The minimum Gasteiger partial charge on any atom is -0.358 e. The molecule has 0 fully saturated rings. The van der Waals surface area contributed by atoms with Crippen molar-refractivity contribution in [3.63, 3.8) is 0 Å². The SMILES string of the molecule is CCSc1sc2cc(F)ccc2c(=O)c1-n1c([N+](=O)[O-])cnc1C. The molecule has 3 aromatic rings. The number of aromatic nitrogens is 2. The maximum atomic E-state index is 13.5. The lowest BCUT2D eigenvalue weighted by atomic mass is 10.2. The molecule has 124 valence electrons. The van der Waals surface area contributed by atoms with E-state index in [1.165, 1.54) is 45.9 Å². The van der Waals surface area contributed by atoms with E-state index < -0.39 is 10.7 Å². The number of imidazole rings is 1. The monoisotopic (exact) mass is 365 g/mol. The largest absolute Gasteiger partial charge is 0.358 e.